The average molecular weight is 335 g/mol. The molecule has 0 aliphatic heterocycles. The van der Waals surface area contributed by atoms with Crippen LogP contribution in [0, 0.1) is 19.8 Å². The molecule has 6 heteroatoms. The maximum atomic E-state index is 12.6. The molecule has 0 amide bonds. The SMILES string of the molecule is CCOC(=O)c1c(C)[nH]c(C(=O)C(C)OC(=O)C2CCCC2)c1C. The van der Waals surface area contributed by atoms with Crippen molar-refractivity contribution in [3.63, 3.8) is 0 Å². The number of nitrogens with one attached hydrogen (secondary N) is 1. The van der Waals surface area contributed by atoms with E-state index in [0.29, 0.717) is 22.5 Å². The molecule has 1 aliphatic rings. The van der Waals surface area contributed by atoms with Gasteiger partial charge in [-0.2, -0.15) is 0 Å². The molecule has 1 heterocycles. The number of carbonyl (C=O) groups is 3. The van der Waals surface area contributed by atoms with E-state index in [-0.39, 0.29) is 24.3 Å². The minimum absolute atomic E-state index is 0.0955. The van der Waals surface area contributed by atoms with E-state index in [1.807, 2.05) is 0 Å². The molecule has 1 saturated carbocycles. The summed E-state index contributed by atoms with van der Waals surface area (Å²) in [7, 11) is 0. The van der Waals surface area contributed by atoms with Gasteiger partial charge in [-0.1, -0.05) is 12.8 Å². The predicted octanol–water partition coefficient (Wildman–Crippen LogP) is 3.11. The van der Waals surface area contributed by atoms with Gasteiger partial charge < -0.3 is 14.5 Å². The number of ketones is 1. The van der Waals surface area contributed by atoms with Crippen molar-refractivity contribution < 1.29 is 23.9 Å². The van der Waals surface area contributed by atoms with Crippen LogP contribution in [0.15, 0.2) is 0 Å². The number of ether oxygens (including phenoxy) is 2. The largest absolute Gasteiger partial charge is 0.462 e. The number of hydrogen-bond acceptors (Lipinski definition) is 5. The van der Waals surface area contributed by atoms with Crippen molar-refractivity contribution in [2.45, 2.75) is 59.5 Å². The van der Waals surface area contributed by atoms with Crippen LogP contribution >= 0.6 is 0 Å². The Kier molecular flexibility index (Phi) is 5.80. The van der Waals surface area contributed by atoms with E-state index in [2.05, 4.69) is 4.98 Å². The van der Waals surface area contributed by atoms with Crippen LogP contribution in [-0.4, -0.2) is 35.4 Å². The predicted molar refractivity (Wildman–Crippen MR) is 88.1 cm³/mol. The first-order chi connectivity index (χ1) is 11.4. The second-order valence-electron chi connectivity index (χ2n) is 6.27. The van der Waals surface area contributed by atoms with Crippen molar-refractivity contribution in [3.05, 3.63) is 22.5 Å². The molecule has 0 aromatic carbocycles. The Morgan fingerprint density at radius 2 is 1.83 bits per heavy atom. The number of aryl methyl sites for hydroxylation is 1. The van der Waals surface area contributed by atoms with E-state index < -0.39 is 12.1 Å². The second-order valence-corrected chi connectivity index (χ2v) is 6.27. The third kappa shape index (κ3) is 3.68. The molecule has 0 radical (unpaired) electrons. The summed E-state index contributed by atoms with van der Waals surface area (Å²) in [6.07, 6.45) is 2.82. The van der Waals surface area contributed by atoms with Crippen LogP contribution in [-0.2, 0) is 14.3 Å². The Hall–Kier alpha value is -2.11. The molecule has 1 atom stereocenters. The monoisotopic (exact) mass is 335 g/mol. The van der Waals surface area contributed by atoms with Gasteiger partial charge in [-0.25, -0.2) is 4.79 Å². The average Bonchev–Trinajstić information content (AvgIpc) is 3.15. The molecule has 1 aromatic heterocycles. The van der Waals surface area contributed by atoms with Crippen molar-refractivity contribution in [3.8, 4) is 0 Å². The maximum Gasteiger partial charge on any atom is 0.340 e. The summed E-state index contributed by atoms with van der Waals surface area (Å²) >= 11 is 0. The van der Waals surface area contributed by atoms with E-state index in [0.717, 1.165) is 25.7 Å². The van der Waals surface area contributed by atoms with Crippen molar-refractivity contribution in [2.24, 2.45) is 5.92 Å². The van der Waals surface area contributed by atoms with Gasteiger partial charge in [0.1, 0.15) is 0 Å². The van der Waals surface area contributed by atoms with Crippen molar-refractivity contribution >= 4 is 17.7 Å². The number of carbonyl (C=O) groups excluding carboxylic acids is 3. The molecular formula is C18H25NO5. The van der Waals surface area contributed by atoms with Gasteiger partial charge in [-0.3, -0.25) is 9.59 Å². The molecule has 24 heavy (non-hydrogen) atoms. The topological polar surface area (TPSA) is 85.5 Å². The Balaban J connectivity index is 2.12. The van der Waals surface area contributed by atoms with Gasteiger partial charge >= 0.3 is 11.9 Å². The van der Waals surface area contributed by atoms with Gasteiger partial charge in [0.25, 0.3) is 0 Å². The number of aromatic amines is 1. The summed E-state index contributed by atoms with van der Waals surface area (Å²) in [5, 5.41) is 0. The Labute approximate surface area is 141 Å². The quantitative estimate of drug-likeness (QED) is 0.638. The standard InChI is InChI=1S/C18H25NO5/c1-5-23-18(22)14-10(2)15(19-11(14)3)16(20)12(4)24-17(21)13-8-6-7-9-13/h12-13,19H,5-9H2,1-4H3. The van der Waals surface area contributed by atoms with E-state index in [4.69, 9.17) is 9.47 Å². The molecule has 0 bridgehead atoms. The lowest BCUT2D eigenvalue weighted by Crippen LogP contribution is -2.28. The van der Waals surface area contributed by atoms with Gasteiger partial charge in [0, 0.05) is 5.69 Å². The molecule has 1 unspecified atom stereocenters. The molecule has 132 valence electrons. The number of esters is 2. The first-order valence-corrected chi connectivity index (χ1v) is 8.47. The molecule has 1 aliphatic carbocycles. The van der Waals surface area contributed by atoms with Gasteiger partial charge in [-0.05, 0) is 46.1 Å². The summed E-state index contributed by atoms with van der Waals surface area (Å²) in [4.78, 5) is 39.6. The van der Waals surface area contributed by atoms with E-state index >= 15 is 0 Å². The highest BCUT2D eigenvalue weighted by molar-refractivity contribution is 6.04. The maximum absolute atomic E-state index is 12.6. The Morgan fingerprint density at radius 3 is 2.42 bits per heavy atom. The number of aromatic nitrogens is 1. The van der Waals surface area contributed by atoms with Gasteiger partial charge in [0.15, 0.2) is 6.10 Å². The van der Waals surface area contributed by atoms with Crippen LogP contribution in [0.25, 0.3) is 0 Å². The zero-order valence-corrected chi connectivity index (χ0v) is 14.7. The lowest BCUT2D eigenvalue weighted by molar-refractivity contribution is -0.151. The van der Waals surface area contributed by atoms with Crippen LogP contribution < -0.4 is 0 Å². The smallest absolute Gasteiger partial charge is 0.340 e. The summed E-state index contributed by atoms with van der Waals surface area (Å²) in [6.45, 7) is 6.96. The first-order valence-electron chi connectivity index (χ1n) is 8.47. The van der Waals surface area contributed by atoms with Crippen LogP contribution in [0.4, 0.5) is 0 Å². The lowest BCUT2D eigenvalue weighted by atomic mass is 10.1. The Bertz CT molecular complexity index is 640. The fourth-order valence-corrected chi connectivity index (χ4v) is 3.19. The van der Waals surface area contributed by atoms with Gasteiger partial charge in [0.2, 0.25) is 5.78 Å². The highest BCUT2D eigenvalue weighted by atomic mass is 16.5. The molecular weight excluding hydrogens is 310 g/mol. The van der Waals surface area contributed by atoms with Gasteiger partial charge in [-0.15, -0.1) is 0 Å². The fourth-order valence-electron chi connectivity index (χ4n) is 3.19. The molecule has 0 spiro atoms. The molecule has 1 aromatic rings. The molecule has 0 saturated heterocycles. The summed E-state index contributed by atoms with van der Waals surface area (Å²) in [5.41, 5.74) is 1.76. The number of Topliss-reactive ketones (excluding diaryl/α,β-unsaturated/α-hetero) is 1. The van der Waals surface area contributed by atoms with Crippen LogP contribution in [0.2, 0.25) is 0 Å². The second kappa shape index (κ2) is 7.64. The molecule has 2 rings (SSSR count). The van der Waals surface area contributed by atoms with Crippen molar-refractivity contribution in [1.82, 2.24) is 4.98 Å². The highest BCUT2D eigenvalue weighted by Crippen LogP contribution is 2.27. The highest BCUT2D eigenvalue weighted by Gasteiger charge is 2.30. The van der Waals surface area contributed by atoms with Crippen LogP contribution in [0.3, 0.4) is 0 Å². The normalized spacial score (nSPS) is 16.0. The summed E-state index contributed by atoms with van der Waals surface area (Å²) in [5.74, 6) is -1.20. The minimum atomic E-state index is -0.884. The van der Waals surface area contributed by atoms with E-state index in [1.54, 1.807) is 27.7 Å². The van der Waals surface area contributed by atoms with E-state index in [1.165, 1.54) is 0 Å². The first kappa shape index (κ1) is 18.2. The summed E-state index contributed by atoms with van der Waals surface area (Å²) in [6, 6.07) is 0. The minimum Gasteiger partial charge on any atom is -0.462 e. The molecule has 6 nitrogen and oxygen atoms in total. The fraction of sp³-hybridized carbons (Fsp3) is 0.611. The van der Waals surface area contributed by atoms with Crippen molar-refractivity contribution in [1.29, 1.82) is 0 Å². The van der Waals surface area contributed by atoms with Crippen molar-refractivity contribution in [2.75, 3.05) is 6.61 Å². The number of H-pyrrole nitrogens is 1. The number of rotatable bonds is 6. The van der Waals surface area contributed by atoms with Gasteiger partial charge in [0.05, 0.1) is 23.8 Å². The lowest BCUT2D eigenvalue weighted by Gasteiger charge is -2.15. The molecule has 1 N–H and O–H groups in total. The van der Waals surface area contributed by atoms with E-state index in [9.17, 15) is 14.4 Å². The van der Waals surface area contributed by atoms with Crippen LogP contribution in [0.1, 0.15) is 71.6 Å². The molecule has 1 fully saturated rings. The number of hydrogen-bond donors (Lipinski definition) is 1. The zero-order chi connectivity index (χ0) is 17.9. The third-order valence-corrected chi connectivity index (χ3v) is 4.51. The summed E-state index contributed by atoms with van der Waals surface area (Å²) < 4.78 is 10.4. The van der Waals surface area contributed by atoms with Crippen LogP contribution in [0.5, 0.6) is 0 Å². The third-order valence-electron chi connectivity index (χ3n) is 4.51. The Morgan fingerprint density at radius 1 is 1.21 bits per heavy atom. The zero-order valence-electron chi connectivity index (χ0n) is 14.7.